The van der Waals surface area contributed by atoms with E-state index >= 15 is 0 Å². The Morgan fingerprint density at radius 2 is 2.00 bits per heavy atom. The van der Waals surface area contributed by atoms with Crippen molar-refractivity contribution in [3.8, 4) is 5.69 Å². The van der Waals surface area contributed by atoms with Crippen LogP contribution in [0.5, 0.6) is 0 Å². The molecule has 0 radical (unpaired) electrons. The van der Waals surface area contributed by atoms with Crippen LogP contribution < -0.4 is 5.32 Å². The van der Waals surface area contributed by atoms with Gasteiger partial charge in [-0.3, -0.25) is 14.4 Å². The molecule has 2 aromatic rings. The number of likely N-dealkylation sites (tertiary alicyclic amines) is 1. The monoisotopic (exact) mass is 512 g/mol. The normalized spacial score (nSPS) is 26.3. The average molecular weight is 513 g/mol. The number of aromatic nitrogens is 2. The van der Waals surface area contributed by atoms with E-state index in [1.54, 1.807) is 29.6 Å². The van der Waals surface area contributed by atoms with Crippen LogP contribution in [0.15, 0.2) is 43.0 Å². The van der Waals surface area contributed by atoms with Crippen molar-refractivity contribution in [2.75, 3.05) is 13.2 Å². The maximum absolute atomic E-state index is 14.0. The first-order valence-electron chi connectivity index (χ1n) is 12.9. The van der Waals surface area contributed by atoms with Crippen molar-refractivity contribution in [1.29, 1.82) is 0 Å². The van der Waals surface area contributed by atoms with Crippen LogP contribution in [0.25, 0.3) is 5.69 Å². The molecular formula is C27H33ClN4O4. The van der Waals surface area contributed by atoms with Crippen molar-refractivity contribution in [2.24, 2.45) is 11.8 Å². The maximum Gasteiger partial charge on any atom is 0.252 e. The fourth-order valence-corrected chi connectivity index (χ4v) is 6.41. The largest absolute Gasteiger partial charge is 0.368 e. The van der Waals surface area contributed by atoms with Gasteiger partial charge in [-0.25, -0.2) is 4.98 Å². The van der Waals surface area contributed by atoms with E-state index in [4.69, 9.17) is 16.3 Å². The lowest BCUT2D eigenvalue weighted by molar-refractivity contribution is -0.151. The van der Waals surface area contributed by atoms with E-state index in [9.17, 15) is 14.4 Å². The van der Waals surface area contributed by atoms with E-state index in [1.165, 1.54) is 0 Å². The number of carbonyl (C=O) groups is 3. The number of benzene rings is 1. The number of alkyl halides is 1. The fourth-order valence-electron chi connectivity index (χ4n) is 6.15. The molecule has 1 N–H and O–H groups in total. The molecule has 192 valence electrons. The lowest BCUT2D eigenvalue weighted by Crippen LogP contribution is -2.58. The highest BCUT2D eigenvalue weighted by molar-refractivity contribution is 6.20. The number of amides is 2. The highest BCUT2D eigenvalue weighted by Crippen LogP contribution is 2.37. The predicted octanol–water partition coefficient (Wildman–Crippen LogP) is 3.36. The van der Waals surface area contributed by atoms with Gasteiger partial charge in [-0.2, -0.15) is 0 Å². The molecule has 5 atom stereocenters. The van der Waals surface area contributed by atoms with Crippen molar-refractivity contribution in [2.45, 2.75) is 69.0 Å². The lowest BCUT2D eigenvalue weighted by Gasteiger charge is -2.39. The van der Waals surface area contributed by atoms with Crippen LogP contribution in [0.3, 0.4) is 0 Å². The number of imidazole rings is 1. The van der Waals surface area contributed by atoms with Crippen LogP contribution in [0, 0.1) is 11.8 Å². The van der Waals surface area contributed by atoms with Gasteiger partial charge in [0.2, 0.25) is 5.91 Å². The number of hydrogen-bond acceptors (Lipinski definition) is 5. The van der Waals surface area contributed by atoms with Gasteiger partial charge in [0.15, 0.2) is 5.78 Å². The number of nitrogens with zero attached hydrogens (tertiary/aromatic N) is 3. The van der Waals surface area contributed by atoms with Gasteiger partial charge in [0.25, 0.3) is 5.91 Å². The molecule has 9 heteroatoms. The first-order chi connectivity index (χ1) is 17.4. The summed E-state index contributed by atoms with van der Waals surface area (Å²) in [6.07, 6.45) is 10.5. The number of fused-ring (bicyclic) bond motifs is 1. The molecule has 1 unspecified atom stereocenters. The minimum absolute atomic E-state index is 0.0336. The molecular weight excluding hydrogens is 480 g/mol. The number of hydrogen-bond donors (Lipinski definition) is 1. The van der Waals surface area contributed by atoms with Gasteiger partial charge in [-0.1, -0.05) is 25.3 Å². The molecule has 2 saturated heterocycles. The number of Topliss-reactive ketones (excluding diaryl/α,β-unsaturated/α-hetero) is 1. The average Bonchev–Trinajstić information content (AvgIpc) is 3.59. The van der Waals surface area contributed by atoms with E-state index in [2.05, 4.69) is 10.3 Å². The molecule has 8 nitrogen and oxygen atoms in total. The van der Waals surface area contributed by atoms with Gasteiger partial charge < -0.3 is 19.5 Å². The van der Waals surface area contributed by atoms with Crippen LogP contribution in [0.4, 0.5) is 0 Å². The Morgan fingerprint density at radius 1 is 1.19 bits per heavy atom. The van der Waals surface area contributed by atoms with Gasteiger partial charge >= 0.3 is 0 Å². The minimum Gasteiger partial charge on any atom is -0.368 e. The summed E-state index contributed by atoms with van der Waals surface area (Å²) in [5.41, 5.74) is 1.30. The molecule has 3 heterocycles. The zero-order chi connectivity index (χ0) is 25.2. The number of nitrogens with one attached hydrogen (secondary N) is 1. The second-order valence-electron chi connectivity index (χ2n) is 10.2. The van der Waals surface area contributed by atoms with Crippen molar-refractivity contribution < 1.29 is 19.1 Å². The summed E-state index contributed by atoms with van der Waals surface area (Å²) in [6.45, 7) is 2.30. The Labute approximate surface area is 216 Å². The third kappa shape index (κ3) is 4.93. The summed E-state index contributed by atoms with van der Waals surface area (Å²) in [5.74, 6) is -0.603. The molecule has 2 aliphatic heterocycles. The second kappa shape index (κ2) is 10.7. The second-order valence-corrected chi connectivity index (χ2v) is 10.9. The van der Waals surface area contributed by atoms with Crippen LogP contribution in [0.1, 0.15) is 55.8 Å². The summed E-state index contributed by atoms with van der Waals surface area (Å²) in [4.78, 5) is 46.1. The standard InChI is InChI=1S/C27H33ClN4O4/c1-17(28)25-21-10-12-32(24(21)22(33)15-36-25)27(35)23(18-6-3-2-4-7-18)30-26(34)19-8-5-9-20(14-19)31-13-11-29-16-31/h5,8-9,11,13-14,16-18,21,23-25H,2-4,6-7,10,12,15H2,1H3,(H,30,34)/t17-,21+,23-,24-,25?/m0/s1. The molecule has 2 amide bonds. The van der Waals surface area contributed by atoms with E-state index in [-0.39, 0.29) is 47.5 Å². The molecule has 1 aromatic carbocycles. The van der Waals surface area contributed by atoms with Gasteiger partial charge in [0, 0.05) is 36.1 Å². The zero-order valence-corrected chi connectivity index (χ0v) is 21.3. The SMILES string of the molecule is C[C@H](Cl)C1OCC(=O)[C@@H]2[C@H]1CCN2C(=O)[C@@H](NC(=O)c1cccc(-n2ccnc2)c1)C1CCCCC1. The summed E-state index contributed by atoms with van der Waals surface area (Å²) < 4.78 is 7.57. The zero-order valence-electron chi connectivity index (χ0n) is 20.5. The Kier molecular flexibility index (Phi) is 7.44. The summed E-state index contributed by atoms with van der Waals surface area (Å²) in [5, 5.41) is 2.82. The fraction of sp³-hybridized carbons (Fsp3) is 0.556. The Hall–Kier alpha value is -2.71. The van der Waals surface area contributed by atoms with E-state index in [0.717, 1.165) is 37.8 Å². The highest BCUT2D eigenvalue weighted by atomic mass is 35.5. The number of rotatable bonds is 6. The molecule has 0 spiro atoms. The highest BCUT2D eigenvalue weighted by Gasteiger charge is 2.51. The maximum atomic E-state index is 14.0. The van der Waals surface area contributed by atoms with Crippen LogP contribution in [-0.2, 0) is 14.3 Å². The third-order valence-corrected chi connectivity index (χ3v) is 8.18. The topological polar surface area (TPSA) is 93.5 Å². The van der Waals surface area contributed by atoms with E-state index in [0.29, 0.717) is 18.5 Å². The summed E-state index contributed by atoms with van der Waals surface area (Å²) in [6, 6.07) is 6.05. The number of halogens is 1. The first-order valence-corrected chi connectivity index (χ1v) is 13.4. The summed E-state index contributed by atoms with van der Waals surface area (Å²) >= 11 is 6.37. The van der Waals surface area contributed by atoms with Crippen LogP contribution in [-0.4, -0.2) is 68.8 Å². The molecule has 1 aliphatic carbocycles. The van der Waals surface area contributed by atoms with Crippen LogP contribution in [0.2, 0.25) is 0 Å². The van der Waals surface area contributed by atoms with Gasteiger partial charge in [-0.15, -0.1) is 11.6 Å². The predicted molar refractivity (Wildman–Crippen MR) is 135 cm³/mol. The number of ether oxygens (including phenoxy) is 1. The van der Waals surface area contributed by atoms with Gasteiger partial charge in [0.05, 0.1) is 23.9 Å². The Bertz CT molecular complexity index is 1100. The molecule has 3 aliphatic rings. The molecule has 3 fully saturated rings. The first kappa shape index (κ1) is 25.0. The molecule has 1 aromatic heterocycles. The lowest BCUT2D eigenvalue weighted by atomic mass is 9.82. The van der Waals surface area contributed by atoms with Gasteiger partial charge in [0.1, 0.15) is 12.6 Å². The number of ketones is 1. The quantitative estimate of drug-likeness (QED) is 0.599. The number of carbonyl (C=O) groups excluding carboxylic acids is 3. The molecule has 1 saturated carbocycles. The van der Waals surface area contributed by atoms with Crippen molar-refractivity contribution in [1.82, 2.24) is 19.8 Å². The van der Waals surface area contributed by atoms with E-state index < -0.39 is 12.1 Å². The van der Waals surface area contributed by atoms with Gasteiger partial charge in [-0.05, 0) is 50.3 Å². The van der Waals surface area contributed by atoms with Crippen LogP contribution >= 0.6 is 11.6 Å². The molecule has 5 rings (SSSR count). The van der Waals surface area contributed by atoms with E-state index in [1.807, 2.05) is 29.8 Å². The smallest absolute Gasteiger partial charge is 0.252 e. The van der Waals surface area contributed by atoms with Crippen molar-refractivity contribution >= 4 is 29.2 Å². The minimum atomic E-state index is -0.670. The Balaban J connectivity index is 1.38. The van der Waals surface area contributed by atoms with Crippen molar-refractivity contribution in [3.63, 3.8) is 0 Å². The van der Waals surface area contributed by atoms with Crippen molar-refractivity contribution in [3.05, 3.63) is 48.5 Å². The molecule has 0 bridgehead atoms. The Morgan fingerprint density at radius 3 is 2.72 bits per heavy atom. The third-order valence-electron chi connectivity index (χ3n) is 7.94. The molecule has 36 heavy (non-hydrogen) atoms. The summed E-state index contributed by atoms with van der Waals surface area (Å²) in [7, 11) is 0.